The monoisotopic (exact) mass is 279 g/mol. The van der Waals surface area contributed by atoms with E-state index in [0.29, 0.717) is 4.47 Å². The Labute approximate surface area is 91.1 Å². The van der Waals surface area contributed by atoms with Gasteiger partial charge in [0.15, 0.2) is 0 Å². The molecule has 0 saturated heterocycles. The summed E-state index contributed by atoms with van der Waals surface area (Å²) in [6, 6.07) is 6.37. The van der Waals surface area contributed by atoms with Gasteiger partial charge in [-0.1, -0.05) is 22.0 Å². The van der Waals surface area contributed by atoms with Crippen molar-refractivity contribution in [2.24, 2.45) is 0 Å². The van der Waals surface area contributed by atoms with Crippen molar-refractivity contribution in [1.82, 2.24) is 4.72 Å². The average Bonchev–Trinajstić information content (AvgIpc) is 2.15. The van der Waals surface area contributed by atoms with Crippen LogP contribution in [0.25, 0.3) is 0 Å². The maximum atomic E-state index is 11.5. The molecule has 78 valence electrons. The van der Waals surface area contributed by atoms with E-state index >= 15 is 0 Å². The number of benzene rings is 1. The molecule has 0 fully saturated rings. The normalized spacial score (nSPS) is 11.6. The molecule has 0 amide bonds. The molecule has 0 atom stereocenters. The van der Waals surface area contributed by atoms with Crippen LogP contribution in [0.1, 0.15) is 0 Å². The molecule has 6 heteroatoms. The second-order valence-corrected chi connectivity index (χ2v) is 5.26. The fourth-order valence-electron chi connectivity index (χ4n) is 0.897. The van der Waals surface area contributed by atoms with Crippen LogP contribution in [0.15, 0.2) is 33.6 Å². The SMILES string of the molecule is O=S(=O)(NCCO)c1cccc(Br)c1. The van der Waals surface area contributed by atoms with Crippen LogP contribution in [0.5, 0.6) is 0 Å². The molecule has 0 spiro atoms. The van der Waals surface area contributed by atoms with Gasteiger partial charge in [0.05, 0.1) is 11.5 Å². The quantitative estimate of drug-likeness (QED) is 0.854. The lowest BCUT2D eigenvalue weighted by molar-refractivity contribution is 0.301. The van der Waals surface area contributed by atoms with Gasteiger partial charge in [-0.05, 0) is 18.2 Å². The molecule has 0 aliphatic rings. The summed E-state index contributed by atoms with van der Waals surface area (Å²) >= 11 is 3.18. The molecule has 0 unspecified atom stereocenters. The first-order valence-electron chi connectivity index (χ1n) is 3.92. The van der Waals surface area contributed by atoms with Crippen LogP contribution in [-0.2, 0) is 10.0 Å². The number of hydrogen-bond donors (Lipinski definition) is 2. The Bertz CT molecular complexity index is 405. The van der Waals surface area contributed by atoms with Gasteiger partial charge in [0.1, 0.15) is 0 Å². The smallest absolute Gasteiger partial charge is 0.240 e. The van der Waals surface area contributed by atoms with Crippen LogP contribution >= 0.6 is 15.9 Å². The van der Waals surface area contributed by atoms with Crippen LogP contribution in [-0.4, -0.2) is 26.7 Å². The largest absolute Gasteiger partial charge is 0.395 e. The fourth-order valence-corrected chi connectivity index (χ4v) is 2.51. The van der Waals surface area contributed by atoms with Gasteiger partial charge in [-0.15, -0.1) is 0 Å². The first kappa shape index (κ1) is 11.6. The summed E-state index contributed by atoms with van der Waals surface area (Å²) in [5.74, 6) is 0. The van der Waals surface area contributed by atoms with Crippen molar-refractivity contribution in [3.8, 4) is 0 Å². The second-order valence-electron chi connectivity index (χ2n) is 2.58. The number of rotatable bonds is 4. The van der Waals surface area contributed by atoms with Crippen molar-refractivity contribution >= 4 is 26.0 Å². The Morgan fingerprint density at radius 2 is 2.14 bits per heavy atom. The minimum absolute atomic E-state index is 0.0227. The summed E-state index contributed by atoms with van der Waals surface area (Å²) in [4.78, 5) is 0.181. The van der Waals surface area contributed by atoms with E-state index in [2.05, 4.69) is 20.7 Å². The van der Waals surface area contributed by atoms with E-state index in [0.717, 1.165) is 0 Å². The summed E-state index contributed by atoms with van der Waals surface area (Å²) in [5.41, 5.74) is 0. The summed E-state index contributed by atoms with van der Waals surface area (Å²) in [6.07, 6.45) is 0. The minimum Gasteiger partial charge on any atom is -0.395 e. The van der Waals surface area contributed by atoms with Crippen molar-refractivity contribution in [2.45, 2.75) is 4.90 Å². The van der Waals surface area contributed by atoms with E-state index in [4.69, 9.17) is 5.11 Å². The topological polar surface area (TPSA) is 66.4 Å². The molecule has 0 bridgehead atoms. The summed E-state index contributed by atoms with van der Waals surface area (Å²) in [7, 11) is -3.48. The van der Waals surface area contributed by atoms with Crippen molar-refractivity contribution in [2.75, 3.05) is 13.2 Å². The van der Waals surface area contributed by atoms with Gasteiger partial charge in [0, 0.05) is 11.0 Å². The lowest BCUT2D eigenvalue weighted by atomic mass is 10.4. The van der Waals surface area contributed by atoms with E-state index in [9.17, 15) is 8.42 Å². The molecule has 0 saturated carbocycles. The van der Waals surface area contributed by atoms with Crippen molar-refractivity contribution in [1.29, 1.82) is 0 Å². The third-order valence-corrected chi connectivity index (χ3v) is 3.46. The zero-order chi connectivity index (χ0) is 10.6. The maximum absolute atomic E-state index is 11.5. The van der Waals surface area contributed by atoms with Crippen molar-refractivity contribution in [3.05, 3.63) is 28.7 Å². The number of sulfonamides is 1. The van der Waals surface area contributed by atoms with Crippen LogP contribution < -0.4 is 4.72 Å². The van der Waals surface area contributed by atoms with Gasteiger partial charge in [0.25, 0.3) is 0 Å². The highest BCUT2D eigenvalue weighted by Crippen LogP contribution is 2.15. The second kappa shape index (κ2) is 4.88. The zero-order valence-corrected chi connectivity index (χ0v) is 9.68. The van der Waals surface area contributed by atoms with Gasteiger partial charge < -0.3 is 5.11 Å². The predicted molar refractivity (Wildman–Crippen MR) is 56.4 cm³/mol. The minimum atomic E-state index is -3.48. The molecular weight excluding hydrogens is 270 g/mol. The third kappa shape index (κ3) is 3.06. The van der Waals surface area contributed by atoms with E-state index in [1.165, 1.54) is 12.1 Å². The third-order valence-electron chi connectivity index (χ3n) is 1.51. The number of nitrogens with one attached hydrogen (secondary N) is 1. The highest BCUT2D eigenvalue weighted by Gasteiger charge is 2.12. The highest BCUT2D eigenvalue weighted by molar-refractivity contribution is 9.10. The predicted octanol–water partition coefficient (Wildman–Crippen LogP) is 0.720. The molecule has 1 rings (SSSR count). The summed E-state index contributed by atoms with van der Waals surface area (Å²) < 4.78 is 26.0. The van der Waals surface area contributed by atoms with Crippen LogP contribution in [0.2, 0.25) is 0 Å². The standard InChI is InChI=1S/C8H10BrNO3S/c9-7-2-1-3-8(6-7)14(12,13)10-4-5-11/h1-3,6,10-11H,4-5H2. The molecule has 0 heterocycles. The van der Waals surface area contributed by atoms with Crippen molar-refractivity contribution in [3.63, 3.8) is 0 Å². The lowest BCUT2D eigenvalue weighted by Gasteiger charge is -2.04. The molecule has 2 N–H and O–H groups in total. The molecule has 0 radical (unpaired) electrons. The summed E-state index contributed by atoms with van der Waals surface area (Å²) in [6.45, 7) is -0.192. The Hall–Kier alpha value is -0.430. The number of hydrogen-bond acceptors (Lipinski definition) is 3. The molecule has 0 aromatic heterocycles. The number of aliphatic hydroxyl groups is 1. The maximum Gasteiger partial charge on any atom is 0.240 e. The summed E-state index contributed by atoms with van der Waals surface area (Å²) in [5, 5.41) is 8.49. The van der Waals surface area contributed by atoms with Gasteiger partial charge in [0.2, 0.25) is 10.0 Å². The number of halogens is 1. The van der Waals surface area contributed by atoms with Crippen LogP contribution in [0, 0.1) is 0 Å². The molecule has 0 aliphatic carbocycles. The molecule has 1 aromatic rings. The Morgan fingerprint density at radius 3 is 2.71 bits per heavy atom. The van der Waals surface area contributed by atoms with E-state index in [1.807, 2.05) is 0 Å². The van der Waals surface area contributed by atoms with Gasteiger partial charge in [-0.2, -0.15) is 0 Å². The van der Waals surface area contributed by atoms with Crippen LogP contribution in [0.4, 0.5) is 0 Å². The van der Waals surface area contributed by atoms with Gasteiger partial charge in [-0.25, -0.2) is 13.1 Å². The van der Waals surface area contributed by atoms with E-state index in [1.54, 1.807) is 12.1 Å². The molecule has 1 aromatic carbocycles. The van der Waals surface area contributed by atoms with Gasteiger partial charge in [-0.3, -0.25) is 0 Å². The van der Waals surface area contributed by atoms with Crippen molar-refractivity contribution < 1.29 is 13.5 Å². The average molecular weight is 280 g/mol. The van der Waals surface area contributed by atoms with Crippen LogP contribution in [0.3, 0.4) is 0 Å². The Morgan fingerprint density at radius 1 is 1.43 bits per heavy atom. The first-order valence-corrected chi connectivity index (χ1v) is 6.20. The number of aliphatic hydroxyl groups excluding tert-OH is 1. The Kier molecular flexibility index (Phi) is 4.06. The fraction of sp³-hybridized carbons (Fsp3) is 0.250. The molecule has 14 heavy (non-hydrogen) atoms. The first-order chi connectivity index (χ1) is 6.56. The van der Waals surface area contributed by atoms with E-state index in [-0.39, 0.29) is 18.0 Å². The zero-order valence-electron chi connectivity index (χ0n) is 7.27. The Balaban J connectivity index is 2.93. The molecule has 4 nitrogen and oxygen atoms in total. The highest BCUT2D eigenvalue weighted by atomic mass is 79.9. The van der Waals surface area contributed by atoms with Gasteiger partial charge >= 0.3 is 0 Å². The lowest BCUT2D eigenvalue weighted by Crippen LogP contribution is -2.26. The molecular formula is C8H10BrNO3S. The molecule has 0 aliphatic heterocycles. The van der Waals surface area contributed by atoms with E-state index < -0.39 is 10.0 Å².